The van der Waals surface area contributed by atoms with E-state index in [4.69, 9.17) is 0 Å². The van der Waals surface area contributed by atoms with Crippen molar-refractivity contribution in [1.29, 1.82) is 0 Å². The van der Waals surface area contributed by atoms with Crippen LogP contribution in [0.3, 0.4) is 0 Å². The molecular formula is C15H21BrFN. The highest BCUT2D eigenvalue weighted by Crippen LogP contribution is 2.28. The Bertz CT molecular complexity index is 397. The van der Waals surface area contributed by atoms with Gasteiger partial charge in [-0.3, -0.25) is 0 Å². The number of halogens is 2. The third-order valence-corrected chi connectivity index (χ3v) is 4.37. The van der Waals surface area contributed by atoms with Gasteiger partial charge in [-0.1, -0.05) is 19.9 Å². The monoisotopic (exact) mass is 313 g/mol. The summed E-state index contributed by atoms with van der Waals surface area (Å²) in [4.78, 5) is 0. The first-order valence-electron chi connectivity index (χ1n) is 6.72. The van der Waals surface area contributed by atoms with Crippen molar-refractivity contribution in [2.75, 3.05) is 0 Å². The number of benzene rings is 1. The average Bonchev–Trinajstić information content (AvgIpc) is 2.29. The highest BCUT2D eigenvalue weighted by atomic mass is 79.9. The van der Waals surface area contributed by atoms with Crippen molar-refractivity contribution in [3.8, 4) is 0 Å². The first-order valence-corrected chi connectivity index (χ1v) is 7.51. The van der Waals surface area contributed by atoms with Crippen LogP contribution in [0.1, 0.15) is 38.7 Å². The molecule has 18 heavy (non-hydrogen) atoms. The second-order valence-corrected chi connectivity index (χ2v) is 6.60. The van der Waals surface area contributed by atoms with Gasteiger partial charge >= 0.3 is 0 Å². The van der Waals surface area contributed by atoms with Crippen LogP contribution in [0.5, 0.6) is 0 Å². The Balaban J connectivity index is 1.89. The largest absolute Gasteiger partial charge is 0.310 e. The van der Waals surface area contributed by atoms with Gasteiger partial charge in [-0.25, -0.2) is 4.39 Å². The molecule has 1 nitrogen and oxygen atoms in total. The Morgan fingerprint density at radius 2 is 1.89 bits per heavy atom. The van der Waals surface area contributed by atoms with Crippen molar-refractivity contribution in [1.82, 2.24) is 5.32 Å². The maximum absolute atomic E-state index is 13.1. The van der Waals surface area contributed by atoms with Crippen molar-refractivity contribution in [3.63, 3.8) is 0 Å². The summed E-state index contributed by atoms with van der Waals surface area (Å²) in [7, 11) is 0. The number of nitrogens with one attached hydrogen (secondary N) is 1. The summed E-state index contributed by atoms with van der Waals surface area (Å²) in [6.07, 6.45) is 3.86. The van der Waals surface area contributed by atoms with Crippen LogP contribution in [-0.2, 0) is 6.54 Å². The van der Waals surface area contributed by atoms with E-state index in [2.05, 4.69) is 35.1 Å². The van der Waals surface area contributed by atoms with Crippen LogP contribution < -0.4 is 5.32 Å². The number of hydrogen-bond donors (Lipinski definition) is 1. The molecule has 1 aliphatic rings. The minimum absolute atomic E-state index is 0.196. The highest BCUT2D eigenvalue weighted by Gasteiger charge is 2.23. The molecule has 2 atom stereocenters. The third kappa shape index (κ3) is 3.79. The van der Waals surface area contributed by atoms with E-state index in [1.165, 1.54) is 25.3 Å². The van der Waals surface area contributed by atoms with Crippen molar-refractivity contribution in [2.45, 2.75) is 45.7 Å². The maximum atomic E-state index is 13.1. The van der Waals surface area contributed by atoms with Crippen LogP contribution >= 0.6 is 15.9 Å². The smallest absolute Gasteiger partial charge is 0.137 e. The van der Waals surface area contributed by atoms with Crippen molar-refractivity contribution in [3.05, 3.63) is 34.1 Å². The lowest BCUT2D eigenvalue weighted by Gasteiger charge is -2.32. The first-order chi connectivity index (χ1) is 8.54. The molecule has 1 aromatic rings. The maximum Gasteiger partial charge on any atom is 0.137 e. The average molecular weight is 314 g/mol. The number of rotatable bonds is 3. The molecule has 3 heteroatoms. The molecule has 0 spiro atoms. The Kier molecular flexibility index (Phi) is 4.79. The molecule has 0 aliphatic heterocycles. The highest BCUT2D eigenvalue weighted by molar-refractivity contribution is 9.10. The van der Waals surface area contributed by atoms with Crippen LogP contribution in [0.25, 0.3) is 0 Å². The van der Waals surface area contributed by atoms with Gasteiger partial charge in [-0.2, -0.15) is 0 Å². The zero-order valence-corrected chi connectivity index (χ0v) is 12.6. The molecule has 2 rings (SSSR count). The summed E-state index contributed by atoms with van der Waals surface area (Å²) in [5.41, 5.74) is 1.13. The Labute approximate surface area is 117 Å². The fraction of sp³-hybridized carbons (Fsp3) is 0.600. The molecule has 1 fully saturated rings. The lowest BCUT2D eigenvalue weighted by Crippen LogP contribution is -2.35. The van der Waals surface area contributed by atoms with Crippen molar-refractivity contribution >= 4 is 15.9 Å². The quantitative estimate of drug-likeness (QED) is 0.866. The van der Waals surface area contributed by atoms with E-state index in [1.54, 1.807) is 0 Å². The summed E-state index contributed by atoms with van der Waals surface area (Å²) in [6.45, 7) is 5.49. The molecule has 1 saturated carbocycles. The second-order valence-electron chi connectivity index (χ2n) is 5.74. The molecule has 1 aromatic carbocycles. The van der Waals surface area contributed by atoms with E-state index in [9.17, 15) is 4.39 Å². The summed E-state index contributed by atoms with van der Waals surface area (Å²) in [5.74, 6) is 1.43. The predicted octanol–water partition coefficient (Wildman–Crippen LogP) is 4.50. The van der Waals surface area contributed by atoms with Crippen LogP contribution in [0.2, 0.25) is 0 Å². The van der Waals surface area contributed by atoms with E-state index in [-0.39, 0.29) is 5.82 Å². The molecule has 0 aromatic heterocycles. The topological polar surface area (TPSA) is 12.0 Å². The SMILES string of the molecule is CC1CC(C)CC(NCc2ccc(F)c(Br)c2)C1. The van der Waals surface area contributed by atoms with E-state index in [1.807, 2.05) is 12.1 Å². The van der Waals surface area contributed by atoms with Gasteiger partial charge in [0.15, 0.2) is 0 Å². The van der Waals surface area contributed by atoms with Crippen molar-refractivity contribution < 1.29 is 4.39 Å². The molecule has 0 radical (unpaired) electrons. The number of hydrogen-bond acceptors (Lipinski definition) is 1. The zero-order chi connectivity index (χ0) is 13.1. The fourth-order valence-electron chi connectivity index (χ4n) is 3.03. The Morgan fingerprint density at radius 3 is 2.50 bits per heavy atom. The molecule has 100 valence electrons. The minimum Gasteiger partial charge on any atom is -0.310 e. The molecule has 1 aliphatic carbocycles. The zero-order valence-electron chi connectivity index (χ0n) is 11.0. The summed E-state index contributed by atoms with van der Waals surface area (Å²) < 4.78 is 13.7. The standard InChI is InChI=1S/C15H21BrFN/c1-10-5-11(2)7-13(6-10)18-9-12-3-4-15(17)14(16)8-12/h3-4,8,10-11,13,18H,5-7,9H2,1-2H3. The first kappa shape index (κ1) is 14.0. The fourth-order valence-corrected chi connectivity index (χ4v) is 3.45. The van der Waals surface area contributed by atoms with Gasteiger partial charge in [-0.15, -0.1) is 0 Å². The van der Waals surface area contributed by atoms with Gasteiger partial charge in [0, 0.05) is 12.6 Å². The summed E-state index contributed by atoms with van der Waals surface area (Å²) in [6, 6.07) is 5.83. The molecule has 0 amide bonds. The molecule has 0 saturated heterocycles. The normalized spacial score (nSPS) is 28.3. The lowest BCUT2D eigenvalue weighted by atomic mass is 9.80. The van der Waals surface area contributed by atoms with Gasteiger partial charge < -0.3 is 5.32 Å². The van der Waals surface area contributed by atoms with Gasteiger partial charge in [0.2, 0.25) is 0 Å². The Morgan fingerprint density at radius 1 is 1.22 bits per heavy atom. The predicted molar refractivity (Wildman–Crippen MR) is 76.9 cm³/mol. The molecular weight excluding hydrogens is 293 g/mol. The van der Waals surface area contributed by atoms with Gasteiger partial charge in [0.25, 0.3) is 0 Å². The summed E-state index contributed by atoms with van der Waals surface area (Å²) >= 11 is 3.23. The second kappa shape index (κ2) is 6.16. The molecule has 1 N–H and O–H groups in total. The van der Waals surface area contributed by atoms with E-state index >= 15 is 0 Å². The van der Waals surface area contributed by atoms with Gasteiger partial charge in [0.1, 0.15) is 5.82 Å². The molecule has 0 bridgehead atoms. The molecule has 2 unspecified atom stereocenters. The lowest BCUT2D eigenvalue weighted by molar-refractivity contribution is 0.238. The van der Waals surface area contributed by atoms with Gasteiger partial charge in [-0.05, 0) is 64.7 Å². The summed E-state index contributed by atoms with van der Waals surface area (Å²) in [5, 5.41) is 3.60. The van der Waals surface area contributed by atoms with Crippen LogP contribution in [0, 0.1) is 17.7 Å². The third-order valence-electron chi connectivity index (χ3n) is 3.76. The van der Waals surface area contributed by atoms with Crippen molar-refractivity contribution in [2.24, 2.45) is 11.8 Å². The minimum atomic E-state index is -0.196. The molecule has 0 heterocycles. The van der Waals surface area contributed by atoms with E-state index < -0.39 is 0 Å². The van der Waals surface area contributed by atoms with Crippen LogP contribution in [0.4, 0.5) is 4.39 Å². The Hall–Kier alpha value is -0.410. The van der Waals surface area contributed by atoms with E-state index in [0.717, 1.165) is 23.9 Å². The van der Waals surface area contributed by atoms with E-state index in [0.29, 0.717) is 10.5 Å². The van der Waals surface area contributed by atoms with Crippen LogP contribution in [-0.4, -0.2) is 6.04 Å². The van der Waals surface area contributed by atoms with Crippen LogP contribution in [0.15, 0.2) is 22.7 Å². The van der Waals surface area contributed by atoms with Gasteiger partial charge in [0.05, 0.1) is 4.47 Å².